The van der Waals surface area contributed by atoms with Gasteiger partial charge >= 0.3 is 5.97 Å². The van der Waals surface area contributed by atoms with Crippen molar-refractivity contribution in [2.45, 2.75) is 13.3 Å². The van der Waals surface area contributed by atoms with Crippen molar-refractivity contribution >= 4 is 23.4 Å². The number of nitrogens with two attached hydrogens (primary N) is 2. The molecule has 7 nitrogen and oxygen atoms in total. The van der Waals surface area contributed by atoms with Gasteiger partial charge in [-0.25, -0.2) is 9.78 Å². The van der Waals surface area contributed by atoms with Gasteiger partial charge in [0.15, 0.2) is 0 Å². The Morgan fingerprint density at radius 1 is 1.50 bits per heavy atom. The summed E-state index contributed by atoms with van der Waals surface area (Å²) in [6, 6.07) is 1.47. The van der Waals surface area contributed by atoms with Crippen LogP contribution in [0.15, 0.2) is 12.3 Å². The van der Waals surface area contributed by atoms with E-state index in [4.69, 9.17) is 16.2 Å². The number of carbonyl (C=O) groups excluding carboxylic acids is 2. The zero-order valence-corrected chi connectivity index (χ0v) is 10.1. The van der Waals surface area contributed by atoms with Crippen LogP contribution in [-0.2, 0) is 9.53 Å². The lowest BCUT2D eigenvalue weighted by molar-refractivity contribution is -0.117. The predicted octanol–water partition coefficient (Wildman–Crippen LogP) is 0.128. The highest BCUT2D eigenvalue weighted by atomic mass is 16.5. The number of hydrogen-bond donors (Lipinski definition) is 3. The van der Waals surface area contributed by atoms with Crippen molar-refractivity contribution < 1.29 is 14.3 Å². The van der Waals surface area contributed by atoms with Crippen molar-refractivity contribution in [3.8, 4) is 0 Å². The predicted molar refractivity (Wildman–Crippen MR) is 66.9 cm³/mol. The molecule has 0 saturated carbocycles. The number of hydrogen-bond acceptors (Lipinski definition) is 6. The molecule has 0 fully saturated rings. The molecule has 0 unspecified atom stereocenters. The molecule has 5 N–H and O–H groups in total. The summed E-state index contributed by atoms with van der Waals surface area (Å²) >= 11 is 0. The average Bonchev–Trinajstić information content (AvgIpc) is 2.31. The monoisotopic (exact) mass is 252 g/mol. The summed E-state index contributed by atoms with van der Waals surface area (Å²) in [6.45, 7) is 2.25. The Bertz CT molecular complexity index is 448. The van der Waals surface area contributed by atoms with Crippen LogP contribution in [0.2, 0.25) is 0 Å². The summed E-state index contributed by atoms with van der Waals surface area (Å²) in [5.41, 5.74) is 11.2. The lowest BCUT2D eigenvalue weighted by Crippen LogP contribution is -2.18. The minimum Gasteiger partial charge on any atom is -0.462 e. The van der Waals surface area contributed by atoms with Crippen molar-refractivity contribution in [3.63, 3.8) is 0 Å². The van der Waals surface area contributed by atoms with E-state index in [1.165, 1.54) is 12.3 Å². The van der Waals surface area contributed by atoms with Gasteiger partial charge in [0.05, 0.1) is 18.5 Å². The first-order chi connectivity index (χ1) is 8.54. The average molecular weight is 252 g/mol. The van der Waals surface area contributed by atoms with Crippen LogP contribution >= 0.6 is 0 Å². The molecule has 0 aliphatic heterocycles. The maximum atomic E-state index is 11.7. The molecule has 1 rings (SSSR count). The second-order valence-corrected chi connectivity index (χ2v) is 3.53. The molecule has 18 heavy (non-hydrogen) atoms. The van der Waals surface area contributed by atoms with E-state index in [0.717, 1.165) is 0 Å². The SMILES string of the molecule is CCOC(=O)c1cc(N)cnc1NCCC(N)=O. The van der Waals surface area contributed by atoms with E-state index in [1.54, 1.807) is 6.92 Å². The van der Waals surface area contributed by atoms with Crippen molar-refractivity contribution in [2.24, 2.45) is 5.73 Å². The Kier molecular flexibility index (Phi) is 4.91. The molecule has 1 amide bonds. The van der Waals surface area contributed by atoms with Crippen molar-refractivity contribution in [2.75, 3.05) is 24.2 Å². The van der Waals surface area contributed by atoms with Crippen LogP contribution in [0.4, 0.5) is 11.5 Å². The van der Waals surface area contributed by atoms with Crippen LogP contribution < -0.4 is 16.8 Å². The fourth-order valence-corrected chi connectivity index (χ4v) is 1.29. The molecule has 0 saturated heterocycles. The van der Waals surface area contributed by atoms with Crippen LogP contribution in [0.25, 0.3) is 0 Å². The molecule has 1 heterocycles. The number of esters is 1. The van der Waals surface area contributed by atoms with E-state index in [0.29, 0.717) is 18.1 Å². The van der Waals surface area contributed by atoms with Crippen LogP contribution in [0.3, 0.4) is 0 Å². The number of nitrogens with zero attached hydrogens (tertiary/aromatic N) is 1. The number of amides is 1. The summed E-state index contributed by atoms with van der Waals surface area (Å²) in [7, 11) is 0. The molecule has 0 bridgehead atoms. The molecule has 0 aromatic carbocycles. The standard InChI is InChI=1S/C11H16N4O3/c1-2-18-11(17)8-5-7(12)6-15-10(8)14-4-3-9(13)16/h5-6H,2-4,12H2,1H3,(H2,13,16)(H,14,15). The van der Waals surface area contributed by atoms with Crippen LogP contribution in [0.1, 0.15) is 23.7 Å². The van der Waals surface area contributed by atoms with E-state index in [2.05, 4.69) is 10.3 Å². The van der Waals surface area contributed by atoms with Crippen molar-refractivity contribution in [1.29, 1.82) is 0 Å². The number of carbonyl (C=O) groups is 2. The minimum atomic E-state index is -0.515. The highest BCUT2D eigenvalue weighted by Crippen LogP contribution is 2.16. The quantitative estimate of drug-likeness (QED) is 0.619. The van der Waals surface area contributed by atoms with Gasteiger partial charge < -0.3 is 21.5 Å². The Balaban J connectivity index is 2.82. The highest BCUT2D eigenvalue weighted by Gasteiger charge is 2.14. The maximum Gasteiger partial charge on any atom is 0.341 e. The fourth-order valence-electron chi connectivity index (χ4n) is 1.29. The number of rotatable bonds is 6. The summed E-state index contributed by atoms with van der Waals surface area (Å²) in [4.78, 5) is 26.3. The van der Waals surface area contributed by atoms with Crippen molar-refractivity contribution in [3.05, 3.63) is 17.8 Å². The third-order valence-electron chi connectivity index (χ3n) is 2.07. The van der Waals surface area contributed by atoms with Gasteiger partial charge in [-0.05, 0) is 13.0 Å². The largest absolute Gasteiger partial charge is 0.462 e. The van der Waals surface area contributed by atoms with Gasteiger partial charge in [-0.1, -0.05) is 0 Å². The maximum absolute atomic E-state index is 11.7. The van der Waals surface area contributed by atoms with Gasteiger partial charge in [0, 0.05) is 13.0 Å². The number of ether oxygens (including phenoxy) is 1. The number of primary amides is 1. The normalized spacial score (nSPS) is 9.83. The first-order valence-corrected chi connectivity index (χ1v) is 5.49. The minimum absolute atomic E-state index is 0.147. The molecular weight excluding hydrogens is 236 g/mol. The molecule has 0 aliphatic carbocycles. The van der Waals surface area contributed by atoms with Gasteiger partial charge in [-0.2, -0.15) is 0 Å². The summed E-state index contributed by atoms with van der Waals surface area (Å²) in [5, 5.41) is 2.84. The van der Waals surface area contributed by atoms with E-state index in [-0.39, 0.29) is 18.6 Å². The molecular formula is C11H16N4O3. The van der Waals surface area contributed by atoms with Gasteiger partial charge in [0.25, 0.3) is 0 Å². The van der Waals surface area contributed by atoms with Gasteiger partial charge in [-0.15, -0.1) is 0 Å². The molecule has 0 radical (unpaired) electrons. The topological polar surface area (TPSA) is 120 Å². The molecule has 7 heteroatoms. The summed E-state index contributed by atoms with van der Waals surface area (Å²) < 4.78 is 4.88. The third-order valence-corrected chi connectivity index (χ3v) is 2.07. The smallest absolute Gasteiger partial charge is 0.341 e. The third kappa shape index (κ3) is 3.93. The van der Waals surface area contributed by atoms with Crippen molar-refractivity contribution in [1.82, 2.24) is 4.98 Å². The lowest BCUT2D eigenvalue weighted by Gasteiger charge is -2.10. The molecule has 0 spiro atoms. The van der Waals surface area contributed by atoms with Crippen LogP contribution in [0.5, 0.6) is 0 Å². The highest BCUT2D eigenvalue weighted by molar-refractivity contribution is 5.95. The van der Waals surface area contributed by atoms with Gasteiger partial charge in [-0.3, -0.25) is 4.79 Å². The zero-order chi connectivity index (χ0) is 13.5. The second-order valence-electron chi connectivity index (χ2n) is 3.53. The summed E-state index contributed by atoms with van der Waals surface area (Å²) in [5.74, 6) is -0.626. The van der Waals surface area contributed by atoms with Crippen LogP contribution in [0, 0.1) is 0 Å². The van der Waals surface area contributed by atoms with Gasteiger partial charge in [0.2, 0.25) is 5.91 Å². The van der Waals surface area contributed by atoms with E-state index >= 15 is 0 Å². The lowest BCUT2D eigenvalue weighted by atomic mass is 10.2. The first-order valence-electron chi connectivity index (χ1n) is 5.49. The molecule has 98 valence electrons. The fraction of sp³-hybridized carbons (Fsp3) is 0.364. The number of anilines is 2. The molecule has 0 aliphatic rings. The number of nitrogens with one attached hydrogen (secondary N) is 1. The Labute approximate surface area is 105 Å². The van der Waals surface area contributed by atoms with E-state index in [9.17, 15) is 9.59 Å². The van der Waals surface area contributed by atoms with Crippen LogP contribution in [-0.4, -0.2) is 30.0 Å². The van der Waals surface area contributed by atoms with E-state index in [1.807, 2.05) is 0 Å². The van der Waals surface area contributed by atoms with Gasteiger partial charge in [0.1, 0.15) is 11.4 Å². The zero-order valence-electron chi connectivity index (χ0n) is 10.1. The number of pyridine rings is 1. The Hall–Kier alpha value is -2.31. The first kappa shape index (κ1) is 13.8. The molecule has 1 aromatic rings. The van der Waals surface area contributed by atoms with E-state index < -0.39 is 11.9 Å². The summed E-state index contributed by atoms with van der Waals surface area (Å²) in [6.07, 6.45) is 1.56. The number of nitrogen functional groups attached to an aromatic ring is 1. The second kappa shape index (κ2) is 6.43. The molecule has 1 aromatic heterocycles. The molecule has 0 atom stereocenters. The Morgan fingerprint density at radius 2 is 2.22 bits per heavy atom. The number of aromatic nitrogens is 1. The Morgan fingerprint density at radius 3 is 2.83 bits per heavy atom.